The molecule has 1 aliphatic heterocycles. The fourth-order valence-corrected chi connectivity index (χ4v) is 1.80. The third-order valence-electron chi connectivity index (χ3n) is 2.45. The molecule has 1 aromatic rings. The van der Waals surface area contributed by atoms with E-state index in [0.29, 0.717) is 12.6 Å². The third kappa shape index (κ3) is 5.42. The molecule has 1 unspecified atom stereocenters. The summed E-state index contributed by atoms with van der Waals surface area (Å²) in [7, 11) is -4.69. The predicted molar refractivity (Wildman–Crippen MR) is 52.2 cm³/mol. The van der Waals surface area contributed by atoms with E-state index in [-0.39, 0.29) is 0 Å². The van der Waals surface area contributed by atoms with Crippen molar-refractivity contribution >= 4 is 0 Å². The zero-order valence-electron chi connectivity index (χ0n) is 9.14. The van der Waals surface area contributed by atoms with E-state index >= 15 is 0 Å². The molecular weight excluding hydrogens is 248 g/mol. The van der Waals surface area contributed by atoms with Crippen molar-refractivity contribution in [3.8, 4) is 0 Å². The number of halogens is 1. The normalized spacial score (nSPS) is 19.0. The molecule has 17 heavy (non-hydrogen) atoms. The number of rotatable bonds is 1. The van der Waals surface area contributed by atoms with Crippen molar-refractivity contribution in [3.05, 3.63) is 35.4 Å². The second-order valence-corrected chi connectivity index (χ2v) is 4.38. The van der Waals surface area contributed by atoms with Crippen LogP contribution in [0.25, 0.3) is 0 Å². The largest absolute Gasteiger partial charge is 0.329 e. The molecule has 7 heteroatoms. The molecule has 0 fully saturated rings. The van der Waals surface area contributed by atoms with E-state index < -0.39 is 10.2 Å². The number of fused-ring (bicyclic) bond motifs is 1. The summed E-state index contributed by atoms with van der Waals surface area (Å²) in [4.78, 5) is 0. The summed E-state index contributed by atoms with van der Waals surface area (Å²) >= 11 is 0. The van der Waals surface area contributed by atoms with Gasteiger partial charge in [0.15, 0.2) is 0 Å². The lowest BCUT2D eigenvalue weighted by molar-refractivity contribution is -1.92. The third-order valence-corrected chi connectivity index (χ3v) is 2.45. The highest BCUT2D eigenvalue weighted by Gasteiger charge is 2.16. The van der Waals surface area contributed by atoms with Gasteiger partial charge in [0, 0.05) is 12.6 Å². The first-order valence-corrected chi connectivity index (χ1v) is 6.32. The Balaban J connectivity index is 0.000000249. The fraction of sp³-hybridized carbons (Fsp3) is 0.400. The Morgan fingerprint density at radius 1 is 1.35 bits per heavy atom. The zero-order valence-corrected chi connectivity index (χ0v) is 9.89. The van der Waals surface area contributed by atoms with Crippen molar-refractivity contribution in [2.45, 2.75) is 12.5 Å². The van der Waals surface area contributed by atoms with Gasteiger partial charge in [-0.2, -0.15) is 14.0 Å². The highest BCUT2D eigenvalue weighted by atomic mass is 35.7. The van der Waals surface area contributed by atoms with Crippen molar-refractivity contribution in [1.82, 2.24) is 5.32 Å². The molecule has 4 N–H and O–H groups in total. The maximum absolute atomic E-state index is 8.60. The maximum atomic E-state index is 8.60. The number of hydrogen-bond acceptors (Lipinski definition) is 6. The summed E-state index contributed by atoms with van der Waals surface area (Å²) in [6, 6.07) is 8.90. The van der Waals surface area contributed by atoms with Gasteiger partial charge in [0.1, 0.15) is 0 Å². The van der Waals surface area contributed by atoms with Gasteiger partial charge < -0.3 is 11.1 Å². The van der Waals surface area contributed by atoms with Crippen LogP contribution < -0.4 is 25.0 Å². The molecule has 0 aromatic heterocycles. The second-order valence-electron chi connectivity index (χ2n) is 3.59. The van der Waals surface area contributed by atoms with Crippen molar-refractivity contribution in [3.63, 3.8) is 0 Å². The number of nitrogens with one attached hydrogen (secondary N) is 1. The lowest BCUT2D eigenvalue weighted by atomic mass is 9.95. The average Bonchev–Trinajstić information content (AvgIpc) is 2.26. The molecule has 0 saturated carbocycles. The topological polar surface area (TPSA) is 127 Å². The molecule has 0 saturated heterocycles. The van der Waals surface area contributed by atoms with Crippen LogP contribution in [0.3, 0.4) is 0 Å². The van der Waals surface area contributed by atoms with Crippen LogP contribution in [0, 0.1) is 10.2 Å². The van der Waals surface area contributed by atoms with Crippen LogP contribution in [0.15, 0.2) is 24.3 Å². The molecule has 0 amide bonds. The Labute approximate surface area is 101 Å². The van der Waals surface area contributed by atoms with E-state index in [9.17, 15) is 0 Å². The first-order chi connectivity index (χ1) is 7.92. The Morgan fingerprint density at radius 3 is 2.53 bits per heavy atom. The van der Waals surface area contributed by atoms with Gasteiger partial charge in [0.2, 0.25) is 0 Å². The summed E-state index contributed by atoms with van der Waals surface area (Å²) in [5, 5.41) is 3.40. The van der Waals surface area contributed by atoms with Gasteiger partial charge in [-0.1, -0.05) is 24.3 Å². The van der Waals surface area contributed by atoms with Gasteiger partial charge in [-0.25, -0.2) is 0 Å². The molecule has 0 spiro atoms. The van der Waals surface area contributed by atoms with E-state index in [1.807, 2.05) is 0 Å². The molecule has 1 aliphatic rings. The van der Waals surface area contributed by atoms with Gasteiger partial charge in [-0.05, 0) is 24.1 Å². The van der Waals surface area contributed by atoms with Crippen molar-refractivity contribution < 1.29 is 28.9 Å². The van der Waals surface area contributed by atoms with E-state index in [0.717, 1.165) is 13.0 Å². The number of hydrogen-bond donors (Lipinski definition) is 3. The Bertz CT molecular complexity index is 350. The monoisotopic (exact) mass is 262 g/mol. The smallest absolute Gasteiger partial charge is 0.0777 e. The first-order valence-electron chi connectivity index (χ1n) is 5.06. The van der Waals surface area contributed by atoms with Crippen molar-refractivity contribution in [1.29, 1.82) is 0 Å². The van der Waals surface area contributed by atoms with Gasteiger partial charge in [-0.3, -0.25) is 0 Å². The average molecular weight is 263 g/mol. The van der Waals surface area contributed by atoms with Crippen LogP contribution in [-0.2, 0) is 6.42 Å². The SMILES string of the molecule is NCC1NCCc2ccccc21.[O-][Cl+3]([O-])([O-])O. The minimum Gasteiger partial charge on any atom is -0.329 e. The minimum absolute atomic E-state index is 0.370. The van der Waals surface area contributed by atoms with Crippen molar-refractivity contribution in [2.24, 2.45) is 5.73 Å². The fourth-order valence-electron chi connectivity index (χ4n) is 1.80. The number of nitrogens with two attached hydrogens (primary N) is 1. The molecule has 0 radical (unpaired) electrons. The van der Waals surface area contributed by atoms with Crippen molar-refractivity contribution in [2.75, 3.05) is 13.1 Å². The molecular formula is C10H15ClN2O4. The Kier molecular flexibility index (Phi) is 5.29. The summed E-state index contributed by atoms with van der Waals surface area (Å²) < 4.78 is 32.7. The van der Waals surface area contributed by atoms with E-state index in [1.165, 1.54) is 11.1 Å². The number of benzene rings is 1. The van der Waals surface area contributed by atoms with Crippen LogP contribution >= 0.6 is 0 Å². The Hall–Kier alpha value is -0.730. The highest BCUT2D eigenvalue weighted by Crippen LogP contribution is 2.20. The highest BCUT2D eigenvalue weighted by molar-refractivity contribution is 5.32. The summed E-state index contributed by atoms with van der Waals surface area (Å²) in [6.07, 6.45) is 1.13. The standard InChI is InChI=1S/C10H14N2.ClHO4/c11-7-10-9-4-2-1-3-8(9)5-6-12-10;2-1(3,4)5/h1-4,10,12H,5-7,11H2;(H,2,3,4,5). The van der Waals surface area contributed by atoms with Gasteiger partial charge in [-0.15, -0.1) is 0 Å². The molecule has 0 bridgehead atoms. The lowest BCUT2D eigenvalue weighted by Crippen LogP contribution is -2.58. The van der Waals surface area contributed by atoms with Crippen LogP contribution in [0.5, 0.6) is 0 Å². The molecule has 2 rings (SSSR count). The van der Waals surface area contributed by atoms with Gasteiger partial charge in [0.25, 0.3) is 0 Å². The molecule has 1 aromatic carbocycles. The summed E-state index contributed by atoms with van der Waals surface area (Å²) in [5.41, 5.74) is 8.49. The molecule has 1 heterocycles. The quantitative estimate of drug-likeness (QED) is 0.487. The molecule has 0 aliphatic carbocycles. The Morgan fingerprint density at radius 2 is 1.94 bits per heavy atom. The minimum atomic E-state index is -4.69. The van der Waals surface area contributed by atoms with Crippen LogP contribution in [0.4, 0.5) is 0 Å². The van der Waals surface area contributed by atoms with E-state index in [2.05, 4.69) is 29.6 Å². The van der Waals surface area contributed by atoms with E-state index in [1.54, 1.807) is 0 Å². The predicted octanol–water partition coefficient (Wildman–Crippen LogP) is -3.29. The van der Waals surface area contributed by atoms with Gasteiger partial charge >= 0.3 is 0 Å². The maximum Gasteiger partial charge on any atom is 0.0777 e. The zero-order chi connectivity index (χ0) is 12.9. The summed E-state index contributed by atoms with van der Waals surface area (Å²) in [6.45, 7) is 1.75. The molecule has 96 valence electrons. The lowest BCUT2D eigenvalue weighted by Gasteiger charge is -2.25. The molecule has 1 atom stereocenters. The van der Waals surface area contributed by atoms with Crippen LogP contribution in [-0.4, -0.2) is 17.7 Å². The summed E-state index contributed by atoms with van der Waals surface area (Å²) in [5.74, 6) is 0. The van der Waals surface area contributed by atoms with Gasteiger partial charge in [0.05, 0.1) is 14.9 Å². The van der Waals surface area contributed by atoms with E-state index in [4.69, 9.17) is 24.4 Å². The van der Waals surface area contributed by atoms with Crippen LogP contribution in [0.2, 0.25) is 0 Å². The van der Waals surface area contributed by atoms with Crippen LogP contribution in [0.1, 0.15) is 17.2 Å². The second kappa shape index (κ2) is 6.27. The first kappa shape index (κ1) is 14.3. The molecule has 6 nitrogen and oxygen atoms in total.